The molecule has 20 heavy (non-hydrogen) atoms. The molecule has 1 aliphatic carbocycles. The van der Waals surface area contributed by atoms with Gasteiger partial charge in [0.25, 0.3) is 5.91 Å². The van der Waals surface area contributed by atoms with Gasteiger partial charge in [-0.3, -0.25) is 4.79 Å². The molecule has 0 heterocycles. The predicted molar refractivity (Wildman–Crippen MR) is 76.1 cm³/mol. The second-order valence-corrected chi connectivity index (χ2v) is 5.78. The number of hydrogen-bond donors (Lipinski definition) is 2. The van der Waals surface area contributed by atoms with Gasteiger partial charge in [-0.1, -0.05) is 6.92 Å². The Kier molecular flexibility index (Phi) is 4.41. The highest BCUT2D eigenvalue weighted by Crippen LogP contribution is 2.31. The number of nitrogens with zero attached hydrogens (tertiary/aromatic N) is 1. The third kappa shape index (κ3) is 3.58. The van der Waals surface area contributed by atoms with Gasteiger partial charge in [0.2, 0.25) is 0 Å². The van der Waals surface area contributed by atoms with Gasteiger partial charge < -0.3 is 10.4 Å². The second-order valence-electron chi connectivity index (χ2n) is 5.78. The van der Waals surface area contributed by atoms with Gasteiger partial charge in [-0.2, -0.15) is 5.26 Å². The molecule has 0 unspecified atom stereocenters. The summed E-state index contributed by atoms with van der Waals surface area (Å²) < 4.78 is 0. The van der Waals surface area contributed by atoms with Crippen molar-refractivity contribution in [3.05, 3.63) is 35.4 Å². The first-order chi connectivity index (χ1) is 9.52. The van der Waals surface area contributed by atoms with E-state index in [2.05, 4.69) is 12.2 Å². The Balaban J connectivity index is 1.90. The molecule has 0 aliphatic heterocycles. The maximum atomic E-state index is 12.0. The van der Waals surface area contributed by atoms with E-state index in [-0.39, 0.29) is 5.91 Å². The van der Waals surface area contributed by atoms with Crippen molar-refractivity contribution in [3.8, 4) is 6.07 Å². The Hall–Kier alpha value is -1.86. The van der Waals surface area contributed by atoms with E-state index in [0.717, 1.165) is 25.7 Å². The maximum absolute atomic E-state index is 12.0. The topological polar surface area (TPSA) is 73.1 Å². The number of aliphatic hydroxyl groups is 1. The number of nitrogens with one attached hydrogen (secondary N) is 1. The first-order valence-corrected chi connectivity index (χ1v) is 7.03. The van der Waals surface area contributed by atoms with Gasteiger partial charge in [-0.15, -0.1) is 0 Å². The molecule has 0 aromatic heterocycles. The van der Waals surface area contributed by atoms with Crippen molar-refractivity contribution in [1.29, 1.82) is 5.26 Å². The van der Waals surface area contributed by atoms with Gasteiger partial charge >= 0.3 is 0 Å². The number of rotatable bonds is 3. The van der Waals surface area contributed by atoms with Gasteiger partial charge in [-0.25, -0.2) is 0 Å². The third-order valence-corrected chi connectivity index (χ3v) is 4.06. The fourth-order valence-corrected chi connectivity index (χ4v) is 2.52. The van der Waals surface area contributed by atoms with E-state index in [4.69, 9.17) is 5.26 Å². The zero-order valence-electron chi connectivity index (χ0n) is 11.7. The predicted octanol–water partition coefficient (Wildman–Crippen LogP) is 2.23. The lowest BCUT2D eigenvalue weighted by Crippen LogP contribution is -2.45. The van der Waals surface area contributed by atoms with E-state index in [0.29, 0.717) is 23.6 Å². The Morgan fingerprint density at radius 2 is 2.00 bits per heavy atom. The maximum Gasteiger partial charge on any atom is 0.251 e. The van der Waals surface area contributed by atoms with Crippen LogP contribution in [0.15, 0.2) is 24.3 Å². The minimum atomic E-state index is -0.769. The minimum absolute atomic E-state index is 0.207. The molecule has 1 aliphatic rings. The van der Waals surface area contributed by atoms with Crippen LogP contribution in [0.1, 0.15) is 48.5 Å². The molecule has 4 nitrogen and oxygen atoms in total. The molecule has 0 radical (unpaired) electrons. The van der Waals surface area contributed by atoms with Crippen LogP contribution in [0.4, 0.5) is 0 Å². The van der Waals surface area contributed by atoms with Crippen molar-refractivity contribution < 1.29 is 9.90 Å². The van der Waals surface area contributed by atoms with Gasteiger partial charge in [0.15, 0.2) is 0 Å². The van der Waals surface area contributed by atoms with Gasteiger partial charge in [0.1, 0.15) is 0 Å². The molecule has 0 bridgehead atoms. The van der Waals surface area contributed by atoms with Crippen LogP contribution in [-0.4, -0.2) is 23.2 Å². The highest BCUT2D eigenvalue weighted by Gasteiger charge is 2.32. The van der Waals surface area contributed by atoms with Gasteiger partial charge in [0.05, 0.1) is 17.2 Å². The molecular formula is C16H20N2O2. The standard InChI is InChI=1S/C16H20N2O2/c1-12-6-8-16(20,9-7-12)11-18-15(19)14-4-2-13(10-17)3-5-14/h2-5,12,20H,6-9,11H2,1H3,(H,18,19). The molecule has 1 fully saturated rings. The molecule has 0 atom stereocenters. The second kappa shape index (κ2) is 6.06. The average molecular weight is 272 g/mol. The lowest BCUT2D eigenvalue weighted by Gasteiger charge is -2.34. The van der Waals surface area contributed by atoms with Crippen LogP contribution in [-0.2, 0) is 0 Å². The van der Waals surface area contributed by atoms with Crippen molar-refractivity contribution >= 4 is 5.91 Å². The van der Waals surface area contributed by atoms with Crippen LogP contribution >= 0.6 is 0 Å². The molecule has 1 aromatic carbocycles. The molecule has 2 N–H and O–H groups in total. The number of nitriles is 1. The molecule has 4 heteroatoms. The molecular weight excluding hydrogens is 252 g/mol. The number of amides is 1. The molecule has 106 valence electrons. The Labute approximate surface area is 119 Å². The Morgan fingerprint density at radius 1 is 1.40 bits per heavy atom. The third-order valence-electron chi connectivity index (χ3n) is 4.06. The van der Waals surface area contributed by atoms with Crippen LogP contribution in [0.25, 0.3) is 0 Å². The monoisotopic (exact) mass is 272 g/mol. The van der Waals surface area contributed by atoms with Crippen molar-refractivity contribution in [3.63, 3.8) is 0 Å². The average Bonchev–Trinajstić information content (AvgIpc) is 2.48. The van der Waals surface area contributed by atoms with Crippen LogP contribution in [0.2, 0.25) is 0 Å². The molecule has 1 aromatic rings. The molecule has 1 amide bonds. The summed E-state index contributed by atoms with van der Waals surface area (Å²) >= 11 is 0. The van der Waals surface area contributed by atoms with E-state index < -0.39 is 5.60 Å². The Bertz CT molecular complexity index is 508. The SMILES string of the molecule is CC1CCC(O)(CNC(=O)c2ccc(C#N)cc2)CC1. The van der Waals surface area contributed by atoms with Crippen molar-refractivity contribution in [2.24, 2.45) is 5.92 Å². The minimum Gasteiger partial charge on any atom is -0.388 e. The number of carbonyl (C=O) groups is 1. The van der Waals surface area contributed by atoms with Gasteiger partial charge in [-0.05, 0) is 55.9 Å². The first-order valence-electron chi connectivity index (χ1n) is 7.03. The molecule has 1 saturated carbocycles. The first kappa shape index (κ1) is 14.5. The summed E-state index contributed by atoms with van der Waals surface area (Å²) in [6.45, 7) is 2.48. The van der Waals surface area contributed by atoms with E-state index >= 15 is 0 Å². The highest BCUT2D eigenvalue weighted by molar-refractivity contribution is 5.94. The van der Waals surface area contributed by atoms with Crippen molar-refractivity contribution in [2.75, 3.05) is 6.54 Å². The van der Waals surface area contributed by atoms with E-state index in [1.54, 1.807) is 24.3 Å². The number of benzene rings is 1. The summed E-state index contributed by atoms with van der Waals surface area (Å²) in [6.07, 6.45) is 3.48. The van der Waals surface area contributed by atoms with E-state index in [9.17, 15) is 9.90 Å². The lowest BCUT2D eigenvalue weighted by atomic mass is 9.79. The van der Waals surface area contributed by atoms with Crippen LogP contribution in [0.5, 0.6) is 0 Å². The van der Waals surface area contributed by atoms with Crippen LogP contribution in [0.3, 0.4) is 0 Å². The largest absolute Gasteiger partial charge is 0.388 e. The molecule has 0 spiro atoms. The smallest absolute Gasteiger partial charge is 0.251 e. The summed E-state index contributed by atoms with van der Waals surface area (Å²) in [6, 6.07) is 8.50. The summed E-state index contributed by atoms with van der Waals surface area (Å²) in [5, 5.41) is 21.9. The normalized spacial score (nSPS) is 25.8. The van der Waals surface area contributed by atoms with Crippen LogP contribution in [0, 0.1) is 17.2 Å². The summed E-state index contributed by atoms with van der Waals surface area (Å²) in [5.74, 6) is 0.450. The zero-order chi connectivity index (χ0) is 14.6. The summed E-state index contributed by atoms with van der Waals surface area (Å²) in [7, 11) is 0. The van der Waals surface area contributed by atoms with Crippen molar-refractivity contribution in [2.45, 2.75) is 38.2 Å². The number of hydrogen-bond acceptors (Lipinski definition) is 3. The number of carbonyl (C=O) groups excluding carboxylic acids is 1. The van der Waals surface area contributed by atoms with E-state index in [1.807, 2.05) is 6.07 Å². The summed E-state index contributed by atoms with van der Waals surface area (Å²) in [5.41, 5.74) is 0.271. The van der Waals surface area contributed by atoms with Gasteiger partial charge in [0, 0.05) is 12.1 Å². The molecule has 2 rings (SSSR count). The quantitative estimate of drug-likeness (QED) is 0.886. The van der Waals surface area contributed by atoms with Crippen molar-refractivity contribution in [1.82, 2.24) is 5.32 Å². The Morgan fingerprint density at radius 3 is 2.55 bits per heavy atom. The molecule has 0 saturated heterocycles. The highest BCUT2D eigenvalue weighted by atomic mass is 16.3. The zero-order valence-corrected chi connectivity index (χ0v) is 11.7. The summed E-state index contributed by atoms with van der Waals surface area (Å²) in [4.78, 5) is 12.0. The van der Waals surface area contributed by atoms with Crippen LogP contribution < -0.4 is 5.32 Å². The fraction of sp³-hybridized carbons (Fsp3) is 0.500. The fourth-order valence-electron chi connectivity index (χ4n) is 2.52. The lowest BCUT2D eigenvalue weighted by molar-refractivity contribution is -0.00539. The van der Waals surface area contributed by atoms with E-state index in [1.165, 1.54) is 0 Å².